The first-order chi connectivity index (χ1) is 10.6. The molecule has 6 nitrogen and oxygen atoms in total. The highest BCUT2D eigenvalue weighted by molar-refractivity contribution is 8.26. The summed E-state index contributed by atoms with van der Waals surface area (Å²) in [6, 6.07) is 7.25. The molecule has 0 atom stereocenters. The molecule has 0 aromatic heterocycles. The van der Waals surface area contributed by atoms with Gasteiger partial charge in [0.1, 0.15) is 10.8 Å². The van der Waals surface area contributed by atoms with Gasteiger partial charge < -0.3 is 4.74 Å². The molecule has 0 fully saturated rings. The number of carbonyl (C=O) groups is 1. The zero-order chi connectivity index (χ0) is 15.7. The van der Waals surface area contributed by atoms with Crippen LogP contribution in [0.3, 0.4) is 0 Å². The van der Waals surface area contributed by atoms with E-state index in [2.05, 4.69) is 10.1 Å². The smallest absolute Gasteiger partial charge is 0.283 e. The molecule has 2 aliphatic heterocycles. The number of benzene rings is 1. The van der Waals surface area contributed by atoms with Crippen molar-refractivity contribution >= 4 is 39.8 Å². The van der Waals surface area contributed by atoms with Crippen LogP contribution in [0.5, 0.6) is 5.75 Å². The van der Waals surface area contributed by atoms with Gasteiger partial charge in [-0.3, -0.25) is 10.2 Å². The Morgan fingerprint density at radius 3 is 2.73 bits per heavy atom. The molecule has 1 aromatic carbocycles. The van der Waals surface area contributed by atoms with Crippen LogP contribution in [-0.4, -0.2) is 34.1 Å². The lowest BCUT2D eigenvalue weighted by Crippen LogP contribution is -2.35. The molecule has 7 heteroatoms. The summed E-state index contributed by atoms with van der Waals surface area (Å²) < 4.78 is 5.10. The number of thioether (sulfide) groups is 1. The Labute approximate surface area is 132 Å². The first-order valence-corrected chi connectivity index (χ1v) is 7.57. The summed E-state index contributed by atoms with van der Waals surface area (Å²) in [5, 5.41) is 15.2. The molecule has 0 saturated carbocycles. The lowest BCUT2D eigenvalue weighted by Gasteiger charge is -2.20. The number of rotatable bonds is 3. The molecular weight excluding hydrogens is 300 g/mol. The van der Waals surface area contributed by atoms with Crippen molar-refractivity contribution in [2.24, 2.45) is 10.1 Å². The summed E-state index contributed by atoms with van der Waals surface area (Å²) in [6.07, 6.45) is 2.40. The first-order valence-electron chi connectivity index (χ1n) is 6.75. The van der Waals surface area contributed by atoms with Gasteiger partial charge in [-0.25, -0.2) is 0 Å². The average Bonchev–Trinajstić information content (AvgIpc) is 2.95. The van der Waals surface area contributed by atoms with E-state index < -0.39 is 5.91 Å². The zero-order valence-electron chi connectivity index (χ0n) is 12.2. The second kappa shape index (κ2) is 5.76. The summed E-state index contributed by atoms with van der Waals surface area (Å²) in [6.45, 7) is 1.98. The van der Waals surface area contributed by atoms with Crippen LogP contribution < -0.4 is 4.74 Å². The van der Waals surface area contributed by atoms with Crippen LogP contribution in [0.4, 0.5) is 0 Å². The Balaban J connectivity index is 1.94. The maximum absolute atomic E-state index is 12.2. The monoisotopic (exact) mass is 314 g/mol. The number of nitrogens with zero attached hydrogens (tertiary/aromatic N) is 3. The molecular formula is C15H14N4O2S. The zero-order valence-corrected chi connectivity index (χ0v) is 13.0. The van der Waals surface area contributed by atoms with Crippen LogP contribution in [0.25, 0.3) is 6.08 Å². The van der Waals surface area contributed by atoms with Gasteiger partial charge in [-0.05, 0) is 42.0 Å². The molecule has 2 heterocycles. The molecule has 1 N–H and O–H groups in total. The number of hydrazone groups is 1. The molecule has 112 valence electrons. The molecule has 3 rings (SSSR count). The standard InChI is InChI=1S/C15H14N4O2S/c1-3-12-18-19-13(16)11(14(20)17-15(19)22-12)8-9-4-6-10(21-2)7-5-9/h4-8,16H,3H2,1-2H3/b11-8-,16-13?. The van der Waals surface area contributed by atoms with Crippen LogP contribution in [0.1, 0.15) is 18.9 Å². The van der Waals surface area contributed by atoms with E-state index in [1.165, 1.54) is 16.8 Å². The molecule has 0 aliphatic carbocycles. The van der Waals surface area contributed by atoms with Crippen molar-refractivity contribution in [3.05, 3.63) is 35.4 Å². The molecule has 0 bridgehead atoms. The number of methoxy groups -OCH3 is 1. The topological polar surface area (TPSA) is 78.1 Å². The van der Waals surface area contributed by atoms with Gasteiger partial charge in [0.25, 0.3) is 5.91 Å². The van der Waals surface area contributed by atoms with Crippen molar-refractivity contribution in [2.45, 2.75) is 13.3 Å². The van der Waals surface area contributed by atoms with Crippen LogP contribution in [0.15, 0.2) is 39.9 Å². The Hall–Kier alpha value is -2.41. The molecule has 0 spiro atoms. The Morgan fingerprint density at radius 2 is 2.09 bits per heavy atom. The third-order valence-electron chi connectivity index (χ3n) is 3.23. The van der Waals surface area contributed by atoms with E-state index in [1.807, 2.05) is 19.1 Å². The van der Waals surface area contributed by atoms with Gasteiger partial charge >= 0.3 is 0 Å². The van der Waals surface area contributed by atoms with Gasteiger partial charge in [0.2, 0.25) is 5.17 Å². The van der Waals surface area contributed by atoms with Gasteiger partial charge in [-0.2, -0.15) is 15.1 Å². The number of amidine groups is 2. The highest BCUT2D eigenvalue weighted by atomic mass is 32.2. The fourth-order valence-electron chi connectivity index (χ4n) is 2.04. The third-order valence-corrected chi connectivity index (χ3v) is 4.28. The second-order valence-corrected chi connectivity index (χ2v) is 5.68. The van der Waals surface area contributed by atoms with Crippen LogP contribution in [0, 0.1) is 5.41 Å². The minimum atomic E-state index is -0.410. The van der Waals surface area contributed by atoms with Crippen molar-refractivity contribution in [3.63, 3.8) is 0 Å². The minimum Gasteiger partial charge on any atom is -0.497 e. The second-order valence-electron chi connectivity index (χ2n) is 4.64. The molecule has 1 amide bonds. The highest BCUT2D eigenvalue weighted by Crippen LogP contribution is 2.29. The number of nitrogens with one attached hydrogen (secondary N) is 1. The largest absolute Gasteiger partial charge is 0.497 e. The maximum Gasteiger partial charge on any atom is 0.283 e. The summed E-state index contributed by atoms with van der Waals surface area (Å²) in [5.74, 6) is 0.384. The SMILES string of the molecule is CCC1=NN2C(=N)/C(=C/c3ccc(OC)cc3)C(=O)N=C2S1. The van der Waals surface area contributed by atoms with E-state index in [0.717, 1.165) is 22.8 Å². The summed E-state index contributed by atoms with van der Waals surface area (Å²) in [4.78, 5) is 16.2. The Bertz CT molecular complexity index is 734. The Kier molecular flexibility index (Phi) is 3.81. The van der Waals surface area contributed by atoms with Gasteiger partial charge in [0.05, 0.1) is 12.7 Å². The summed E-state index contributed by atoms with van der Waals surface area (Å²) >= 11 is 1.34. The normalized spacial score (nSPS) is 19.2. The highest BCUT2D eigenvalue weighted by Gasteiger charge is 2.34. The van der Waals surface area contributed by atoms with E-state index in [0.29, 0.717) is 5.17 Å². The number of fused-ring (bicyclic) bond motifs is 1. The summed E-state index contributed by atoms with van der Waals surface area (Å²) in [5.41, 5.74) is 1.04. The van der Waals surface area contributed by atoms with E-state index >= 15 is 0 Å². The van der Waals surface area contributed by atoms with Crippen molar-refractivity contribution < 1.29 is 9.53 Å². The fourth-order valence-corrected chi connectivity index (χ4v) is 2.87. The van der Waals surface area contributed by atoms with Crippen molar-refractivity contribution in [3.8, 4) is 5.75 Å². The predicted molar refractivity (Wildman–Crippen MR) is 88.3 cm³/mol. The van der Waals surface area contributed by atoms with Gasteiger partial charge in [0.15, 0.2) is 5.84 Å². The summed E-state index contributed by atoms with van der Waals surface area (Å²) in [7, 11) is 1.60. The number of carbonyl (C=O) groups excluding carboxylic acids is 1. The van der Waals surface area contributed by atoms with Gasteiger partial charge in [-0.15, -0.1) is 0 Å². The number of aliphatic imine (C=N–C) groups is 1. The van der Waals surface area contributed by atoms with Crippen LogP contribution in [-0.2, 0) is 4.79 Å². The molecule has 0 unspecified atom stereocenters. The van der Waals surface area contributed by atoms with Crippen LogP contribution >= 0.6 is 11.8 Å². The molecule has 1 aromatic rings. The number of ether oxygens (including phenoxy) is 1. The molecule has 0 saturated heterocycles. The molecule has 2 aliphatic rings. The molecule has 0 radical (unpaired) electrons. The fraction of sp³-hybridized carbons (Fsp3) is 0.200. The third kappa shape index (κ3) is 2.55. The quantitative estimate of drug-likeness (QED) is 0.870. The van der Waals surface area contributed by atoms with E-state index in [1.54, 1.807) is 25.3 Å². The van der Waals surface area contributed by atoms with E-state index in [9.17, 15) is 4.79 Å². The van der Waals surface area contributed by atoms with Crippen molar-refractivity contribution in [1.82, 2.24) is 5.01 Å². The van der Waals surface area contributed by atoms with Crippen LogP contribution in [0.2, 0.25) is 0 Å². The Morgan fingerprint density at radius 1 is 1.36 bits per heavy atom. The van der Waals surface area contributed by atoms with Crippen molar-refractivity contribution in [2.75, 3.05) is 7.11 Å². The number of amides is 1. The number of hydrogen-bond acceptors (Lipinski definition) is 5. The van der Waals surface area contributed by atoms with E-state index in [-0.39, 0.29) is 11.4 Å². The van der Waals surface area contributed by atoms with Gasteiger partial charge in [0, 0.05) is 0 Å². The average molecular weight is 314 g/mol. The first kappa shape index (κ1) is 14.5. The molecule has 22 heavy (non-hydrogen) atoms. The number of hydrogen-bond donors (Lipinski definition) is 1. The van der Waals surface area contributed by atoms with Crippen molar-refractivity contribution in [1.29, 1.82) is 5.41 Å². The predicted octanol–water partition coefficient (Wildman–Crippen LogP) is 2.72. The lowest BCUT2D eigenvalue weighted by atomic mass is 10.1. The lowest BCUT2D eigenvalue weighted by molar-refractivity contribution is -0.114. The van der Waals surface area contributed by atoms with Gasteiger partial charge in [-0.1, -0.05) is 19.1 Å². The maximum atomic E-state index is 12.2. The van der Waals surface area contributed by atoms with E-state index in [4.69, 9.17) is 10.1 Å². The minimum absolute atomic E-state index is 0.0572.